The van der Waals surface area contributed by atoms with Crippen molar-refractivity contribution in [3.8, 4) is 5.75 Å². The summed E-state index contributed by atoms with van der Waals surface area (Å²) >= 11 is 0. The molecule has 2 rings (SSSR count). The summed E-state index contributed by atoms with van der Waals surface area (Å²) in [6.45, 7) is 4.01. The van der Waals surface area contributed by atoms with E-state index in [1.165, 1.54) is 5.56 Å². The number of hydrogen-bond donors (Lipinski definition) is 1. The molecule has 0 fully saturated rings. The van der Waals surface area contributed by atoms with Crippen molar-refractivity contribution in [1.29, 1.82) is 0 Å². The molecule has 0 aliphatic carbocycles. The molecule has 104 valence electrons. The van der Waals surface area contributed by atoms with E-state index in [2.05, 4.69) is 6.07 Å². The van der Waals surface area contributed by atoms with Gasteiger partial charge in [0.2, 0.25) is 0 Å². The van der Waals surface area contributed by atoms with Crippen LogP contribution in [0.15, 0.2) is 48.5 Å². The minimum absolute atomic E-state index is 0.357. The number of aliphatic carboxylic acids is 1. The average Bonchev–Trinajstić information content (AvgIpc) is 2.42. The van der Waals surface area contributed by atoms with Crippen LogP contribution in [0, 0.1) is 13.8 Å². The van der Waals surface area contributed by atoms with Gasteiger partial charge >= 0.3 is 5.97 Å². The molecule has 2 aromatic rings. The summed E-state index contributed by atoms with van der Waals surface area (Å²) in [6, 6.07) is 15.1. The molecule has 20 heavy (non-hydrogen) atoms. The maximum atomic E-state index is 11.4. The zero-order valence-corrected chi connectivity index (χ0v) is 11.7. The van der Waals surface area contributed by atoms with Gasteiger partial charge in [0.1, 0.15) is 5.75 Å². The fraction of sp³-hybridized carbons (Fsp3) is 0.235. The highest BCUT2D eigenvalue weighted by molar-refractivity contribution is 5.73. The van der Waals surface area contributed by atoms with Gasteiger partial charge in [-0.1, -0.05) is 42.0 Å². The van der Waals surface area contributed by atoms with Crippen molar-refractivity contribution < 1.29 is 14.6 Å². The van der Waals surface area contributed by atoms with Gasteiger partial charge in [0.25, 0.3) is 0 Å². The topological polar surface area (TPSA) is 46.5 Å². The number of hydrogen-bond acceptors (Lipinski definition) is 2. The highest BCUT2D eigenvalue weighted by Gasteiger charge is 2.20. The predicted molar refractivity (Wildman–Crippen MR) is 78.1 cm³/mol. The first-order valence-electron chi connectivity index (χ1n) is 6.57. The van der Waals surface area contributed by atoms with Gasteiger partial charge in [-0.25, -0.2) is 4.79 Å². The maximum absolute atomic E-state index is 11.4. The van der Waals surface area contributed by atoms with Crippen LogP contribution in [0.5, 0.6) is 5.75 Å². The van der Waals surface area contributed by atoms with Crippen LogP contribution in [0.3, 0.4) is 0 Å². The van der Waals surface area contributed by atoms with E-state index in [1.807, 2.05) is 44.2 Å². The van der Waals surface area contributed by atoms with Crippen LogP contribution >= 0.6 is 0 Å². The summed E-state index contributed by atoms with van der Waals surface area (Å²) in [5, 5.41) is 9.32. The van der Waals surface area contributed by atoms with E-state index in [0.717, 1.165) is 11.1 Å². The van der Waals surface area contributed by atoms with Crippen LogP contribution in [-0.4, -0.2) is 17.2 Å². The van der Waals surface area contributed by atoms with Gasteiger partial charge in [0, 0.05) is 6.42 Å². The molecule has 0 heterocycles. The first kappa shape index (κ1) is 14.1. The quantitative estimate of drug-likeness (QED) is 0.906. The lowest BCUT2D eigenvalue weighted by atomic mass is 10.0. The second kappa shape index (κ2) is 6.24. The van der Waals surface area contributed by atoms with Gasteiger partial charge in [-0.2, -0.15) is 0 Å². The fourth-order valence-electron chi connectivity index (χ4n) is 2.12. The Bertz CT molecular complexity index is 590. The van der Waals surface area contributed by atoms with Crippen LogP contribution in [0.2, 0.25) is 0 Å². The molecule has 3 heteroatoms. The number of rotatable bonds is 5. The Morgan fingerprint density at radius 3 is 2.45 bits per heavy atom. The summed E-state index contributed by atoms with van der Waals surface area (Å²) < 4.78 is 5.57. The van der Waals surface area contributed by atoms with Crippen molar-refractivity contribution >= 4 is 5.97 Å². The highest BCUT2D eigenvalue weighted by atomic mass is 16.5. The van der Waals surface area contributed by atoms with E-state index in [4.69, 9.17) is 4.74 Å². The molecule has 0 unspecified atom stereocenters. The van der Waals surface area contributed by atoms with E-state index < -0.39 is 12.1 Å². The Balaban J connectivity index is 2.15. The highest BCUT2D eigenvalue weighted by Crippen LogP contribution is 2.17. The third-order valence-electron chi connectivity index (χ3n) is 3.20. The molecule has 0 spiro atoms. The Hall–Kier alpha value is -2.29. The molecule has 3 nitrogen and oxygen atoms in total. The van der Waals surface area contributed by atoms with Crippen molar-refractivity contribution in [2.45, 2.75) is 26.4 Å². The summed E-state index contributed by atoms with van der Waals surface area (Å²) in [6.07, 6.45) is -0.519. The van der Waals surface area contributed by atoms with Gasteiger partial charge in [-0.3, -0.25) is 0 Å². The fourth-order valence-corrected chi connectivity index (χ4v) is 2.12. The van der Waals surface area contributed by atoms with Crippen LogP contribution in [0.4, 0.5) is 0 Å². The standard InChI is InChI=1S/C17H18O3/c1-12-8-9-14(13(2)10-12)11-16(17(18)19)20-15-6-4-3-5-7-15/h3-10,16H,11H2,1-2H3,(H,18,19)/t16-/m0/s1. The van der Waals surface area contributed by atoms with Crippen molar-refractivity contribution in [3.63, 3.8) is 0 Å². The molecular weight excluding hydrogens is 252 g/mol. The van der Waals surface area contributed by atoms with Gasteiger partial charge < -0.3 is 9.84 Å². The molecule has 0 amide bonds. The molecule has 0 aliphatic rings. The largest absolute Gasteiger partial charge is 0.478 e. The lowest BCUT2D eigenvalue weighted by Crippen LogP contribution is -2.29. The minimum atomic E-state index is -0.950. The number of carboxylic acid groups (broad SMARTS) is 1. The molecule has 0 aromatic heterocycles. The van der Waals surface area contributed by atoms with Crippen LogP contribution in [0.1, 0.15) is 16.7 Å². The van der Waals surface area contributed by atoms with Crippen LogP contribution in [-0.2, 0) is 11.2 Å². The summed E-state index contributed by atoms with van der Waals surface area (Å²) in [7, 11) is 0. The Morgan fingerprint density at radius 2 is 1.85 bits per heavy atom. The maximum Gasteiger partial charge on any atom is 0.345 e. The second-order valence-electron chi connectivity index (χ2n) is 4.89. The van der Waals surface area contributed by atoms with E-state index in [9.17, 15) is 9.90 Å². The first-order chi connectivity index (χ1) is 9.56. The zero-order valence-electron chi connectivity index (χ0n) is 11.7. The number of benzene rings is 2. The van der Waals surface area contributed by atoms with Crippen molar-refractivity contribution in [2.75, 3.05) is 0 Å². The third kappa shape index (κ3) is 3.60. The molecule has 0 saturated carbocycles. The van der Waals surface area contributed by atoms with Gasteiger partial charge in [0.05, 0.1) is 0 Å². The monoisotopic (exact) mass is 270 g/mol. The number of carboxylic acids is 1. The lowest BCUT2D eigenvalue weighted by Gasteiger charge is -2.16. The van der Waals surface area contributed by atoms with Gasteiger partial charge in [-0.15, -0.1) is 0 Å². The second-order valence-corrected chi connectivity index (χ2v) is 4.89. The van der Waals surface area contributed by atoms with Crippen molar-refractivity contribution in [2.24, 2.45) is 0 Å². The Morgan fingerprint density at radius 1 is 1.15 bits per heavy atom. The van der Waals surface area contributed by atoms with Crippen LogP contribution in [0.25, 0.3) is 0 Å². The van der Waals surface area contributed by atoms with E-state index >= 15 is 0 Å². The normalized spacial score (nSPS) is 11.9. The zero-order chi connectivity index (χ0) is 14.5. The number of para-hydroxylation sites is 1. The average molecular weight is 270 g/mol. The number of carbonyl (C=O) groups is 1. The Labute approximate surface area is 118 Å². The lowest BCUT2D eigenvalue weighted by molar-refractivity contribution is -0.145. The van der Waals surface area contributed by atoms with E-state index in [0.29, 0.717) is 12.2 Å². The van der Waals surface area contributed by atoms with E-state index in [1.54, 1.807) is 12.1 Å². The van der Waals surface area contributed by atoms with Gasteiger partial charge in [0.15, 0.2) is 6.10 Å². The molecule has 0 aliphatic heterocycles. The molecular formula is C17H18O3. The smallest absolute Gasteiger partial charge is 0.345 e. The Kier molecular flexibility index (Phi) is 4.41. The third-order valence-corrected chi connectivity index (χ3v) is 3.20. The van der Waals surface area contributed by atoms with Crippen molar-refractivity contribution in [1.82, 2.24) is 0 Å². The van der Waals surface area contributed by atoms with E-state index in [-0.39, 0.29) is 0 Å². The summed E-state index contributed by atoms with van der Waals surface area (Å²) in [5.41, 5.74) is 3.26. The number of ether oxygens (including phenoxy) is 1. The minimum Gasteiger partial charge on any atom is -0.478 e. The first-order valence-corrected chi connectivity index (χ1v) is 6.57. The van der Waals surface area contributed by atoms with Gasteiger partial charge in [-0.05, 0) is 37.1 Å². The van der Waals surface area contributed by atoms with Crippen LogP contribution < -0.4 is 4.74 Å². The number of aryl methyl sites for hydroxylation is 2. The molecule has 1 atom stereocenters. The molecule has 1 N–H and O–H groups in total. The summed E-state index contributed by atoms with van der Waals surface area (Å²) in [4.78, 5) is 11.4. The SMILES string of the molecule is Cc1ccc(C[C@H](Oc2ccccc2)C(=O)O)c(C)c1. The predicted octanol–water partition coefficient (Wildman–Crippen LogP) is 3.38. The molecule has 0 radical (unpaired) electrons. The molecule has 0 bridgehead atoms. The molecule has 0 saturated heterocycles. The molecule has 2 aromatic carbocycles. The summed E-state index contributed by atoms with van der Waals surface area (Å²) in [5.74, 6) is -0.376. The van der Waals surface area contributed by atoms with Crippen molar-refractivity contribution in [3.05, 3.63) is 65.2 Å².